The molecule has 0 aliphatic carbocycles. The highest BCUT2D eigenvalue weighted by Gasteiger charge is 2.04. The molecule has 0 amide bonds. The van der Waals surface area contributed by atoms with Crippen molar-refractivity contribution < 1.29 is 0 Å². The fourth-order valence-corrected chi connectivity index (χ4v) is 2.00. The number of rotatable bonds is 2. The summed E-state index contributed by atoms with van der Waals surface area (Å²) in [5.41, 5.74) is 1.05. The van der Waals surface area contributed by atoms with E-state index in [1.165, 1.54) is 0 Å². The average molecular weight is 204 g/mol. The first-order chi connectivity index (χ1) is 6.85. The molecule has 0 aliphatic heterocycles. The molecule has 0 N–H and O–H groups in total. The lowest BCUT2D eigenvalue weighted by Gasteiger charge is -2.04. The maximum atomic E-state index is 4.49. The maximum Gasteiger partial charge on any atom is 0.130 e. The van der Waals surface area contributed by atoms with Gasteiger partial charge in [0.15, 0.2) is 0 Å². The number of aryl methyl sites for hydroxylation is 1. The smallest absolute Gasteiger partial charge is 0.130 e. The van der Waals surface area contributed by atoms with Gasteiger partial charge in [0.25, 0.3) is 0 Å². The van der Waals surface area contributed by atoms with Crippen LogP contribution >= 0.6 is 11.8 Å². The number of fused-ring (bicyclic) bond motifs is 1. The van der Waals surface area contributed by atoms with Gasteiger partial charge in [-0.25, -0.2) is 9.97 Å². The standard InChI is InChI=1S/C11H12N2S/c1-3-10-12-9-7-5-4-6-8(9)11(13-10)14-2/h4-7H,3H2,1-2H3. The SMILES string of the molecule is CCc1nc(SC)c2ccccc2n1. The summed E-state index contributed by atoms with van der Waals surface area (Å²) in [5, 5.41) is 2.23. The predicted molar refractivity (Wildman–Crippen MR) is 60.7 cm³/mol. The number of hydrogen-bond acceptors (Lipinski definition) is 3. The number of benzene rings is 1. The van der Waals surface area contributed by atoms with Gasteiger partial charge in [-0.15, -0.1) is 11.8 Å². The summed E-state index contributed by atoms with van der Waals surface area (Å²) in [5.74, 6) is 0.924. The van der Waals surface area contributed by atoms with Crippen molar-refractivity contribution in [1.82, 2.24) is 9.97 Å². The highest BCUT2D eigenvalue weighted by Crippen LogP contribution is 2.22. The zero-order chi connectivity index (χ0) is 9.97. The molecule has 72 valence electrons. The van der Waals surface area contributed by atoms with E-state index in [2.05, 4.69) is 23.0 Å². The van der Waals surface area contributed by atoms with Crippen molar-refractivity contribution in [2.24, 2.45) is 0 Å². The van der Waals surface area contributed by atoms with Crippen molar-refractivity contribution in [3.05, 3.63) is 30.1 Å². The van der Waals surface area contributed by atoms with Gasteiger partial charge in [-0.3, -0.25) is 0 Å². The fraction of sp³-hybridized carbons (Fsp3) is 0.273. The first-order valence-electron chi connectivity index (χ1n) is 4.64. The third-order valence-electron chi connectivity index (χ3n) is 2.12. The second-order valence-electron chi connectivity index (χ2n) is 3.02. The van der Waals surface area contributed by atoms with Crippen molar-refractivity contribution in [2.75, 3.05) is 6.26 Å². The summed E-state index contributed by atoms with van der Waals surface area (Å²) in [4.78, 5) is 8.97. The van der Waals surface area contributed by atoms with E-state index in [0.29, 0.717) is 0 Å². The number of thioether (sulfide) groups is 1. The van der Waals surface area contributed by atoms with Crippen molar-refractivity contribution >= 4 is 22.7 Å². The zero-order valence-electron chi connectivity index (χ0n) is 8.32. The van der Waals surface area contributed by atoms with E-state index in [4.69, 9.17) is 0 Å². The molecule has 0 saturated heterocycles. The monoisotopic (exact) mass is 204 g/mol. The molecule has 2 nitrogen and oxygen atoms in total. The highest BCUT2D eigenvalue weighted by molar-refractivity contribution is 7.98. The van der Waals surface area contributed by atoms with Crippen LogP contribution in [0.1, 0.15) is 12.7 Å². The van der Waals surface area contributed by atoms with Crippen LogP contribution in [-0.4, -0.2) is 16.2 Å². The largest absolute Gasteiger partial charge is 0.233 e. The van der Waals surface area contributed by atoms with Gasteiger partial charge < -0.3 is 0 Å². The van der Waals surface area contributed by atoms with Gasteiger partial charge in [0.05, 0.1) is 5.52 Å². The lowest BCUT2D eigenvalue weighted by molar-refractivity contribution is 0.917. The molecule has 1 aromatic carbocycles. The topological polar surface area (TPSA) is 25.8 Å². The zero-order valence-corrected chi connectivity index (χ0v) is 9.14. The molecule has 0 radical (unpaired) electrons. The van der Waals surface area contributed by atoms with Crippen LogP contribution in [0.15, 0.2) is 29.3 Å². The lowest BCUT2D eigenvalue weighted by atomic mass is 10.2. The van der Waals surface area contributed by atoms with Gasteiger partial charge in [-0.2, -0.15) is 0 Å². The molecule has 0 bridgehead atoms. The van der Waals surface area contributed by atoms with E-state index in [-0.39, 0.29) is 0 Å². The number of hydrogen-bond donors (Lipinski definition) is 0. The van der Waals surface area contributed by atoms with Gasteiger partial charge in [0.2, 0.25) is 0 Å². The van der Waals surface area contributed by atoms with Gasteiger partial charge in [0.1, 0.15) is 10.9 Å². The van der Waals surface area contributed by atoms with E-state index in [0.717, 1.165) is 28.2 Å². The molecule has 14 heavy (non-hydrogen) atoms. The van der Waals surface area contributed by atoms with E-state index in [1.54, 1.807) is 11.8 Å². The Kier molecular flexibility index (Phi) is 2.68. The average Bonchev–Trinajstić information content (AvgIpc) is 2.27. The van der Waals surface area contributed by atoms with Crippen LogP contribution in [0.3, 0.4) is 0 Å². The Bertz CT molecular complexity index is 454. The summed E-state index contributed by atoms with van der Waals surface area (Å²) in [6, 6.07) is 8.15. The lowest BCUT2D eigenvalue weighted by Crippen LogP contribution is -1.95. The molecular weight excluding hydrogens is 192 g/mol. The highest BCUT2D eigenvalue weighted by atomic mass is 32.2. The molecule has 2 aromatic rings. The van der Waals surface area contributed by atoms with Crippen molar-refractivity contribution in [3.8, 4) is 0 Å². The minimum atomic E-state index is 0.887. The molecule has 1 heterocycles. The minimum absolute atomic E-state index is 0.887. The molecule has 1 aromatic heterocycles. The second-order valence-corrected chi connectivity index (χ2v) is 3.81. The van der Waals surface area contributed by atoms with Crippen LogP contribution in [0.2, 0.25) is 0 Å². The van der Waals surface area contributed by atoms with Crippen LogP contribution in [0.25, 0.3) is 10.9 Å². The summed E-state index contributed by atoms with van der Waals surface area (Å²) in [7, 11) is 0. The van der Waals surface area contributed by atoms with Crippen LogP contribution < -0.4 is 0 Å². The first-order valence-corrected chi connectivity index (χ1v) is 5.87. The van der Waals surface area contributed by atoms with Crippen LogP contribution in [-0.2, 0) is 6.42 Å². The number of nitrogens with zero attached hydrogens (tertiary/aromatic N) is 2. The third-order valence-corrected chi connectivity index (χ3v) is 2.82. The molecule has 2 rings (SSSR count). The Labute approximate surface area is 87.8 Å². The van der Waals surface area contributed by atoms with Crippen molar-refractivity contribution in [3.63, 3.8) is 0 Å². The Morgan fingerprint density at radius 2 is 2.00 bits per heavy atom. The quantitative estimate of drug-likeness (QED) is 0.555. The molecule has 0 atom stereocenters. The third kappa shape index (κ3) is 1.60. The van der Waals surface area contributed by atoms with E-state index in [1.807, 2.05) is 24.5 Å². The normalized spacial score (nSPS) is 10.7. The van der Waals surface area contributed by atoms with E-state index >= 15 is 0 Å². The van der Waals surface area contributed by atoms with Crippen molar-refractivity contribution in [1.29, 1.82) is 0 Å². The summed E-state index contributed by atoms with van der Waals surface area (Å²) < 4.78 is 0. The Morgan fingerprint density at radius 3 is 2.71 bits per heavy atom. The summed E-state index contributed by atoms with van der Waals surface area (Å²) in [6.45, 7) is 2.08. The van der Waals surface area contributed by atoms with Crippen LogP contribution in [0.4, 0.5) is 0 Å². The predicted octanol–water partition coefficient (Wildman–Crippen LogP) is 2.91. The van der Waals surface area contributed by atoms with Gasteiger partial charge in [-0.05, 0) is 12.3 Å². The van der Waals surface area contributed by atoms with E-state index < -0.39 is 0 Å². The molecular formula is C11H12N2S. The molecule has 0 unspecified atom stereocenters. The minimum Gasteiger partial charge on any atom is -0.233 e. The molecule has 0 spiro atoms. The molecule has 0 saturated carbocycles. The summed E-state index contributed by atoms with van der Waals surface area (Å²) in [6.07, 6.45) is 2.94. The fourth-order valence-electron chi connectivity index (χ4n) is 1.41. The molecule has 0 fully saturated rings. The molecule has 0 aliphatic rings. The van der Waals surface area contributed by atoms with Crippen molar-refractivity contribution in [2.45, 2.75) is 18.4 Å². The molecule has 3 heteroatoms. The first kappa shape index (κ1) is 9.46. The number of aromatic nitrogens is 2. The second kappa shape index (κ2) is 3.96. The Hall–Kier alpha value is -1.09. The van der Waals surface area contributed by atoms with Gasteiger partial charge >= 0.3 is 0 Å². The van der Waals surface area contributed by atoms with E-state index in [9.17, 15) is 0 Å². The van der Waals surface area contributed by atoms with Crippen LogP contribution in [0.5, 0.6) is 0 Å². The number of para-hydroxylation sites is 1. The Balaban J connectivity index is 2.73. The van der Waals surface area contributed by atoms with Gasteiger partial charge in [0, 0.05) is 11.8 Å². The van der Waals surface area contributed by atoms with Gasteiger partial charge in [-0.1, -0.05) is 25.1 Å². The Morgan fingerprint density at radius 1 is 1.21 bits per heavy atom. The van der Waals surface area contributed by atoms with Crippen LogP contribution in [0, 0.1) is 0 Å². The maximum absolute atomic E-state index is 4.49. The summed E-state index contributed by atoms with van der Waals surface area (Å²) >= 11 is 1.68.